The molecule has 0 bridgehead atoms. The van der Waals surface area contributed by atoms with E-state index in [1.165, 1.54) is 121 Å². The third-order valence-corrected chi connectivity index (χ3v) is 11.5. The Labute approximate surface area is 289 Å². The van der Waals surface area contributed by atoms with Gasteiger partial charge in [0.1, 0.15) is 0 Å². The van der Waals surface area contributed by atoms with Gasteiger partial charge in [0.05, 0.1) is 0 Å². The van der Waals surface area contributed by atoms with Crippen molar-refractivity contribution in [3.63, 3.8) is 0 Å². The Kier molecular flexibility index (Phi) is 5.06. The van der Waals surface area contributed by atoms with Crippen molar-refractivity contribution in [3.05, 3.63) is 170 Å². The Morgan fingerprint density at radius 2 is 0.660 bits per heavy atom. The molecule has 0 amide bonds. The van der Waals surface area contributed by atoms with Crippen molar-refractivity contribution >= 4 is 53.9 Å². The highest BCUT2D eigenvalue weighted by atomic mass is 14.3. The summed E-state index contributed by atoms with van der Waals surface area (Å²) in [6, 6.07) is 63.9. The van der Waals surface area contributed by atoms with Crippen molar-refractivity contribution in [2.24, 2.45) is 0 Å². The zero-order valence-electron chi connectivity index (χ0n) is 27.2. The molecule has 0 unspecified atom stereocenters. The number of benzene rings is 10. The van der Waals surface area contributed by atoms with Gasteiger partial charge in [-0.15, -0.1) is 0 Å². The van der Waals surface area contributed by atoms with Gasteiger partial charge in [0, 0.05) is 0 Å². The molecule has 0 aliphatic heterocycles. The number of rotatable bonds is 2. The van der Waals surface area contributed by atoms with Crippen molar-refractivity contribution in [2.45, 2.75) is 0 Å². The molecule has 0 saturated heterocycles. The van der Waals surface area contributed by atoms with Crippen LogP contribution in [0.3, 0.4) is 0 Å². The van der Waals surface area contributed by atoms with Gasteiger partial charge >= 0.3 is 0 Å². The first kappa shape index (κ1) is 26.5. The fraction of sp³-hybridized carbons (Fsp3) is 0. The molecule has 2 aliphatic rings. The molecule has 12 rings (SSSR count). The van der Waals surface area contributed by atoms with E-state index in [9.17, 15) is 0 Å². The highest BCUT2D eigenvalue weighted by Gasteiger charge is 2.26. The maximum Gasteiger partial charge on any atom is -0.00264 e. The predicted octanol–water partition coefficient (Wildman–Crippen LogP) is 14.1. The molecular formula is C50H28. The summed E-state index contributed by atoms with van der Waals surface area (Å²) in [5, 5.41) is 13.1. The lowest BCUT2D eigenvalue weighted by Gasteiger charge is -2.18. The smallest absolute Gasteiger partial charge is 0.00264 e. The average Bonchev–Trinajstić information content (AvgIpc) is 3.67. The largest absolute Gasteiger partial charge is 0.0622 e. The van der Waals surface area contributed by atoms with Crippen LogP contribution in [0, 0.1) is 0 Å². The van der Waals surface area contributed by atoms with Crippen LogP contribution in [0.25, 0.3) is 121 Å². The number of hydrogen-bond acceptors (Lipinski definition) is 0. The zero-order chi connectivity index (χ0) is 32.5. The molecule has 0 radical (unpaired) electrons. The summed E-state index contributed by atoms with van der Waals surface area (Å²) in [5.41, 5.74) is 15.7. The fourth-order valence-corrected chi connectivity index (χ4v) is 9.33. The minimum absolute atomic E-state index is 1.23. The van der Waals surface area contributed by atoms with Crippen LogP contribution < -0.4 is 0 Å². The Morgan fingerprint density at radius 1 is 0.200 bits per heavy atom. The molecule has 0 heteroatoms. The maximum atomic E-state index is 2.49. The minimum Gasteiger partial charge on any atom is -0.0622 e. The van der Waals surface area contributed by atoms with Gasteiger partial charge in [-0.2, -0.15) is 0 Å². The zero-order valence-corrected chi connectivity index (χ0v) is 27.2. The molecule has 50 heavy (non-hydrogen) atoms. The summed E-state index contributed by atoms with van der Waals surface area (Å²) in [6.45, 7) is 0. The van der Waals surface area contributed by atoms with Crippen LogP contribution in [-0.2, 0) is 0 Å². The van der Waals surface area contributed by atoms with Crippen molar-refractivity contribution in [1.29, 1.82) is 0 Å². The lowest BCUT2D eigenvalue weighted by atomic mass is 9.85. The maximum absolute atomic E-state index is 2.49. The van der Waals surface area contributed by atoms with Crippen LogP contribution in [0.1, 0.15) is 0 Å². The van der Waals surface area contributed by atoms with E-state index in [1.54, 1.807) is 0 Å². The standard InChI is InChI=1S/C50H28/c1-2-10-29(11-3-1)33-16-4-5-17-34(33)43-26-42-35(44-27-46-38-20-8-14-31-15-9-21-39(50(31)38)47(46)28-48(43)44)23-22-32-24-41-36-18-6-12-30-13-7-19-37(49(30)36)45(41)25-40(32)42/h1-28H. The first-order chi connectivity index (χ1) is 24.8. The van der Waals surface area contributed by atoms with Crippen LogP contribution in [0.5, 0.6) is 0 Å². The van der Waals surface area contributed by atoms with Gasteiger partial charge in [0.25, 0.3) is 0 Å². The average molecular weight is 629 g/mol. The highest BCUT2D eigenvalue weighted by Crippen LogP contribution is 2.53. The number of hydrogen-bond donors (Lipinski definition) is 0. The molecule has 2 aliphatic carbocycles. The Hall–Kier alpha value is -6.50. The molecule has 0 atom stereocenters. The topological polar surface area (TPSA) is 0 Å². The molecule has 0 saturated carbocycles. The minimum atomic E-state index is 1.23. The van der Waals surface area contributed by atoms with E-state index in [1.807, 2.05) is 0 Å². The highest BCUT2D eigenvalue weighted by molar-refractivity contribution is 6.27. The summed E-state index contributed by atoms with van der Waals surface area (Å²) in [7, 11) is 0. The summed E-state index contributed by atoms with van der Waals surface area (Å²) in [5.74, 6) is 0. The lowest BCUT2D eigenvalue weighted by molar-refractivity contribution is 1.60. The molecular weight excluding hydrogens is 601 g/mol. The first-order valence-corrected chi connectivity index (χ1v) is 17.5. The second kappa shape index (κ2) is 9.56. The van der Waals surface area contributed by atoms with E-state index in [-0.39, 0.29) is 0 Å². The van der Waals surface area contributed by atoms with Gasteiger partial charge in [-0.05, 0) is 151 Å². The van der Waals surface area contributed by atoms with E-state index in [0.717, 1.165) is 0 Å². The van der Waals surface area contributed by atoms with Gasteiger partial charge < -0.3 is 0 Å². The molecule has 0 aromatic heterocycles. The van der Waals surface area contributed by atoms with Gasteiger partial charge in [0.15, 0.2) is 0 Å². The summed E-state index contributed by atoms with van der Waals surface area (Å²) in [6.07, 6.45) is 0. The molecule has 0 nitrogen and oxygen atoms in total. The van der Waals surface area contributed by atoms with Crippen LogP contribution in [-0.4, -0.2) is 0 Å². The molecule has 0 fully saturated rings. The normalized spacial score (nSPS) is 12.4. The lowest BCUT2D eigenvalue weighted by Crippen LogP contribution is -1.91. The quantitative estimate of drug-likeness (QED) is 0.167. The molecule has 228 valence electrons. The van der Waals surface area contributed by atoms with Crippen molar-refractivity contribution < 1.29 is 0 Å². The van der Waals surface area contributed by atoms with Crippen LogP contribution in [0.15, 0.2) is 170 Å². The summed E-state index contributed by atoms with van der Waals surface area (Å²) in [4.78, 5) is 0. The Bertz CT molecular complexity index is 3110. The first-order valence-electron chi connectivity index (χ1n) is 17.5. The molecule has 0 heterocycles. The van der Waals surface area contributed by atoms with Crippen LogP contribution in [0.4, 0.5) is 0 Å². The van der Waals surface area contributed by atoms with E-state index >= 15 is 0 Å². The molecule has 10 aromatic carbocycles. The summed E-state index contributed by atoms with van der Waals surface area (Å²) >= 11 is 0. The summed E-state index contributed by atoms with van der Waals surface area (Å²) < 4.78 is 0. The van der Waals surface area contributed by atoms with Gasteiger partial charge in [-0.3, -0.25) is 0 Å². The second-order valence-corrected chi connectivity index (χ2v) is 14.0. The third-order valence-electron chi connectivity index (χ3n) is 11.5. The fourth-order valence-electron chi connectivity index (χ4n) is 9.33. The number of fused-ring (bicyclic) bond motifs is 11. The van der Waals surface area contributed by atoms with Gasteiger partial charge in [-0.25, -0.2) is 0 Å². The van der Waals surface area contributed by atoms with E-state index in [0.29, 0.717) is 0 Å². The van der Waals surface area contributed by atoms with Crippen molar-refractivity contribution in [1.82, 2.24) is 0 Å². The van der Waals surface area contributed by atoms with Crippen molar-refractivity contribution in [3.8, 4) is 66.8 Å². The van der Waals surface area contributed by atoms with Crippen molar-refractivity contribution in [2.75, 3.05) is 0 Å². The Balaban J connectivity index is 1.23. The van der Waals surface area contributed by atoms with Crippen LogP contribution >= 0.6 is 0 Å². The third kappa shape index (κ3) is 3.40. The monoisotopic (exact) mass is 628 g/mol. The van der Waals surface area contributed by atoms with Crippen LogP contribution in [0.2, 0.25) is 0 Å². The Morgan fingerprint density at radius 3 is 1.28 bits per heavy atom. The predicted molar refractivity (Wildman–Crippen MR) is 214 cm³/mol. The van der Waals surface area contributed by atoms with E-state index in [2.05, 4.69) is 170 Å². The molecule has 0 N–H and O–H groups in total. The second-order valence-electron chi connectivity index (χ2n) is 14.0. The molecule has 0 spiro atoms. The SMILES string of the molecule is c1ccc(-c2ccccc2-c2cc3c4cc5c(cc4ccc3c3cc4c(cc23)-c2cccc3cccc-4c23)-c2cccc3cccc-5c23)cc1. The van der Waals surface area contributed by atoms with E-state index < -0.39 is 0 Å². The molecule has 10 aromatic rings. The van der Waals surface area contributed by atoms with Gasteiger partial charge in [-0.1, -0.05) is 140 Å². The van der Waals surface area contributed by atoms with E-state index in [4.69, 9.17) is 0 Å². The van der Waals surface area contributed by atoms with Gasteiger partial charge in [0.2, 0.25) is 0 Å².